The van der Waals surface area contributed by atoms with Crippen LogP contribution in [0.2, 0.25) is 0 Å². The predicted molar refractivity (Wildman–Crippen MR) is 40.6 cm³/mol. The highest BCUT2D eigenvalue weighted by atomic mass is 35.5. The van der Waals surface area contributed by atoms with Crippen LogP contribution in [0.25, 0.3) is 0 Å². The van der Waals surface area contributed by atoms with Crippen LogP contribution in [0.3, 0.4) is 0 Å². The second-order valence-corrected chi connectivity index (χ2v) is 1.90. The van der Waals surface area contributed by atoms with Crippen LogP contribution in [-0.2, 0) is 0 Å². The van der Waals surface area contributed by atoms with E-state index in [1.54, 1.807) is 0 Å². The maximum absolute atomic E-state index is 12.5. The molecule has 1 N–H and O–H groups in total. The van der Waals surface area contributed by atoms with E-state index in [9.17, 15) is 13.6 Å². The molecule has 0 aliphatic heterocycles. The third-order valence-electron chi connectivity index (χ3n) is 1.18. The number of halogens is 3. The van der Waals surface area contributed by atoms with Gasteiger partial charge in [0, 0.05) is 0 Å². The Hall–Kier alpha value is -1.16. The van der Waals surface area contributed by atoms with E-state index in [-0.39, 0.29) is 12.4 Å². The molecule has 0 aliphatic rings. The molecule has 0 saturated carbocycles. The molecule has 1 rings (SSSR count). The maximum Gasteiger partial charge on any atom is 0.341 e. The minimum Gasteiger partial charge on any atom is -0.477 e. The average Bonchev–Trinajstić information content (AvgIpc) is 1.85. The summed E-state index contributed by atoms with van der Waals surface area (Å²) in [6, 6.07) is 2.90. The molecule has 66 valence electrons. The topological polar surface area (TPSA) is 37.3 Å². The summed E-state index contributed by atoms with van der Waals surface area (Å²) in [6.07, 6.45) is 0. The fraction of sp³-hybridized carbons (Fsp3) is 0. The van der Waals surface area contributed by atoms with Gasteiger partial charge < -0.3 is 5.11 Å². The highest BCUT2D eigenvalue weighted by Gasteiger charge is 2.14. The monoisotopic (exact) mass is 194 g/mol. The summed E-state index contributed by atoms with van der Waals surface area (Å²) in [7, 11) is 0. The van der Waals surface area contributed by atoms with E-state index >= 15 is 0 Å². The van der Waals surface area contributed by atoms with Crippen molar-refractivity contribution in [3.8, 4) is 0 Å². The Morgan fingerprint density at radius 2 is 1.67 bits per heavy atom. The van der Waals surface area contributed by atoms with Crippen molar-refractivity contribution in [1.82, 2.24) is 0 Å². The lowest BCUT2D eigenvalue weighted by atomic mass is 10.2. The highest BCUT2D eigenvalue weighted by molar-refractivity contribution is 5.88. The first kappa shape index (κ1) is 10.8. The van der Waals surface area contributed by atoms with Gasteiger partial charge in [0.1, 0.15) is 17.2 Å². The standard InChI is InChI=1S/C7H4F2O2.ClH/c8-4-2-1-3-5(9)6(4)7(10)11;/h1-3H,(H,10,11);1H. The third kappa shape index (κ3) is 1.92. The van der Waals surface area contributed by atoms with E-state index in [4.69, 9.17) is 5.11 Å². The molecule has 0 aliphatic carbocycles. The van der Waals surface area contributed by atoms with E-state index in [2.05, 4.69) is 0 Å². The van der Waals surface area contributed by atoms with Crippen LogP contribution in [0.15, 0.2) is 18.2 Å². The van der Waals surface area contributed by atoms with Gasteiger partial charge in [0.2, 0.25) is 0 Å². The van der Waals surface area contributed by atoms with Gasteiger partial charge in [-0.05, 0) is 12.1 Å². The van der Waals surface area contributed by atoms with Crippen molar-refractivity contribution in [3.05, 3.63) is 35.4 Å². The molecule has 12 heavy (non-hydrogen) atoms. The lowest BCUT2D eigenvalue weighted by molar-refractivity contribution is 0.0686. The molecule has 5 heteroatoms. The Kier molecular flexibility index (Phi) is 3.63. The number of hydrogen-bond donors (Lipinski definition) is 1. The van der Waals surface area contributed by atoms with Crippen LogP contribution in [0.1, 0.15) is 10.4 Å². The third-order valence-corrected chi connectivity index (χ3v) is 1.18. The molecule has 0 unspecified atom stereocenters. The van der Waals surface area contributed by atoms with E-state index in [0.717, 1.165) is 18.2 Å². The molecular weight excluding hydrogens is 190 g/mol. The van der Waals surface area contributed by atoms with Crippen molar-refractivity contribution in [2.24, 2.45) is 0 Å². The Labute approximate surface area is 73.2 Å². The number of benzene rings is 1. The molecule has 0 spiro atoms. The van der Waals surface area contributed by atoms with Crippen LogP contribution in [0, 0.1) is 11.6 Å². The van der Waals surface area contributed by atoms with Gasteiger partial charge in [-0.15, -0.1) is 12.4 Å². The number of rotatable bonds is 1. The van der Waals surface area contributed by atoms with Gasteiger partial charge in [0.15, 0.2) is 0 Å². The van der Waals surface area contributed by atoms with Crippen molar-refractivity contribution in [1.29, 1.82) is 0 Å². The Morgan fingerprint density at radius 1 is 1.25 bits per heavy atom. The predicted octanol–water partition coefficient (Wildman–Crippen LogP) is 2.08. The quantitative estimate of drug-likeness (QED) is 0.743. The molecule has 0 fully saturated rings. The minimum absolute atomic E-state index is 0. The molecule has 0 aromatic heterocycles. The zero-order valence-electron chi connectivity index (χ0n) is 5.75. The number of carbonyl (C=O) groups is 1. The number of aromatic carboxylic acids is 1. The maximum atomic E-state index is 12.5. The van der Waals surface area contributed by atoms with Gasteiger partial charge >= 0.3 is 5.97 Å². The molecule has 0 radical (unpaired) electrons. The van der Waals surface area contributed by atoms with Crippen molar-refractivity contribution in [2.45, 2.75) is 0 Å². The normalized spacial score (nSPS) is 8.83. The van der Waals surface area contributed by atoms with Crippen LogP contribution >= 0.6 is 12.4 Å². The zero-order chi connectivity index (χ0) is 8.43. The molecule has 2 nitrogen and oxygen atoms in total. The highest BCUT2D eigenvalue weighted by Crippen LogP contribution is 2.10. The second-order valence-electron chi connectivity index (χ2n) is 1.90. The number of hydrogen-bond acceptors (Lipinski definition) is 1. The molecule has 0 bridgehead atoms. The fourth-order valence-electron chi connectivity index (χ4n) is 0.702. The summed E-state index contributed by atoms with van der Waals surface area (Å²) in [5.74, 6) is -3.71. The van der Waals surface area contributed by atoms with Gasteiger partial charge in [-0.25, -0.2) is 13.6 Å². The summed E-state index contributed by atoms with van der Waals surface area (Å²) in [5.41, 5.74) is -0.910. The SMILES string of the molecule is Cl.O=C(O)c1c(F)cccc1F. The van der Waals surface area contributed by atoms with Crippen molar-refractivity contribution in [2.75, 3.05) is 0 Å². The van der Waals surface area contributed by atoms with Crippen LogP contribution in [0.4, 0.5) is 8.78 Å². The van der Waals surface area contributed by atoms with Crippen LogP contribution in [0.5, 0.6) is 0 Å². The number of carboxylic acids is 1. The van der Waals surface area contributed by atoms with E-state index in [1.807, 2.05) is 0 Å². The summed E-state index contributed by atoms with van der Waals surface area (Å²) in [5, 5.41) is 8.27. The largest absolute Gasteiger partial charge is 0.477 e. The smallest absolute Gasteiger partial charge is 0.341 e. The molecule has 0 saturated heterocycles. The first-order chi connectivity index (χ1) is 5.13. The Morgan fingerprint density at radius 3 is 1.92 bits per heavy atom. The summed E-state index contributed by atoms with van der Waals surface area (Å²) in [4.78, 5) is 10.2. The lowest BCUT2D eigenvalue weighted by Gasteiger charge is -1.96. The molecule has 0 amide bonds. The molecule has 0 heterocycles. The minimum atomic E-state index is -1.60. The second kappa shape index (κ2) is 4.01. The van der Waals surface area contributed by atoms with E-state index in [0.29, 0.717) is 0 Å². The molecular formula is C7H5ClF2O2. The molecule has 1 aromatic carbocycles. The average molecular weight is 195 g/mol. The first-order valence-electron chi connectivity index (χ1n) is 2.80. The van der Waals surface area contributed by atoms with Gasteiger partial charge in [-0.2, -0.15) is 0 Å². The Bertz CT molecular complexity index is 281. The van der Waals surface area contributed by atoms with Gasteiger partial charge in [-0.3, -0.25) is 0 Å². The van der Waals surface area contributed by atoms with Crippen molar-refractivity contribution >= 4 is 18.4 Å². The Balaban J connectivity index is 0.00000121. The van der Waals surface area contributed by atoms with Crippen LogP contribution in [-0.4, -0.2) is 11.1 Å². The van der Waals surface area contributed by atoms with Crippen LogP contribution < -0.4 is 0 Å². The summed E-state index contributed by atoms with van der Waals surface area (Å²) in [6.45, 7) is 0. The fourth-order valence-corrected chi connectivity index (χ4v) is 0.702. The molecule has 1 aromatic rings. The molecule has 0 atom stereocenters. The zero-order valence-corrected chi connectivity index (χ0v) is 6.57. The summed E-state index contributed by atoms with van der Waals surface area (Å²) >= 11 is 0. The van der Waals surface area contributed by atoms with Crippen molar-refractivity contribution in [3.63, 3.8) is 0 Å². The van der Waals surface area contributed by atoms with Gasteiger partial charge in [-0.1, -0.05) is 6.07 Å². The lowest BCUT2D eigenvalue weighted by Crippen LogP contribution is -2.03. The van der Waals surface area contributed by atoms with Crippen molar-refractivity contribution < 1.29 is 18.7 Å². The van der Waals surface area contributed by atoms with E-state index in [1.165, 1.54) is 0 Å². The van der Waals surface area contributed by atoms with E-state index < -0.39 is 23.2 Å². The number of carboxylic acid groups (broad SMARTS) is 1. The summed E-state index contributed by atoms with van der Waals surface area (Å²) < 4.78 is 25.0. The first-order valence-corrected chi connectivity index (χ1v) is 2.80. The van der Waals surface area contributed by atoms with Gasteiger partial charge in [0.05, 0.1) is 0 Å². The van der Waals surface area contributed by atoms with Gasteiger partial charge in [0.25, 0.3) is 0 Å².